The van der Waals surface area contributed by atoms with Crippen molar-refractivity contribution >= 4 is 11.9 Å². The van der Waals surface area contributed by atoms with Crippen molar-refractivity contribution in [3.8, 4) is 0 Å². The Bertz CT molecular complexity index is 308. The van der Waals surface area contributed by atoms with Crippen LogP contribution in [0.1, 0.15) is 12.8 Å². The van der Waals surface area contributed by atoms with E-state index >= 15 is 0 Å². The van der Waals surface area contributed by atoms with E-state index in [1.807, 2.05) is 0 Å². The third-order valence-corrected chi connectivity index (χ3v) is 3.47. The number of amides is 1. The van der Waals surface area contributed by atoms with Crippen molar-refractivity contribution in [1.82, 2.24) is 12.4 Å². The predicted molar refractivity (Wildman–Crippen MR) is 52.2 cm³/mol. The number of rotatable bonds is 6. The topological polar surface area (TPSA) is 116 Å². The fourth-order valence-electron chi connectivity index (χ4n) is 1.12. The van der Waals surface area contributed by atoms with Crippen molar-refractivity contribution < 1.29 is 36.4 Å². The van der Waals surface area contributed by atoms with Crippen LogP contribution in [0.3, 0.4) is 0 Å². The first-order valence-electron chi connectivity index (χ1n) is 4.69. The molecule has 1 unspecified atom stereocenters. The monoisotopic (exact) mass is 341 g/mol. The Labute approximate surface area is 104 Å². The van der Waals surface area contributed by atoms with E-state index in [0.717, 1.165) is 5.70 Å². The molecule has 0 aliphatic carbocycles. The molecular formula is C8H14IN4O3-. The summed E-state index contributed by atoms with van der Waals surface area (Å²) in [6.45, 7) is 0.214. The number of nitrogens with two attached hydrogens (primary N) is 1. The summed E-state index contributed by atoms with van der Waals surface area (Å²) in [6, 6.07) is -0.901. The van der Waals surface area contributed by atoms with Crippen LogP contribution in [0, 0.1) is 0 Å². The van der Waals surface area contributed by atoms with Gasteiger partial charge in [0.15, 0.2) is 0 Å². The average Bonchev–Trinajstić information content (AvgIpc) is 2.69. The molecule has 16 heavy (non-hydrogen) atoms. The van der Waals surface area contributed by atoms with Gasteiger partial charge in [-0.2, -0.15) is 0 Å². The van der Waals surface area contributed by atoms with E-state index in [1.165, 1.54) is 0 Å². The Morgan fingerprint density at radius 3 is 2.88 bits per heavy atom. The first-order chi connectivity index (χ1) is 7.63. The number of carboxylic acids is 1. The predicted octanol–water partition coefficient (Wildman–Crippen LogP) is -4.75. The van der Waals surface area contributed by atoms with E-state index in [2.05, 4.69) is 12.4 Å². The molecular weight excluding hydrogens is 327 g/mol. The zero-order valence-electron chi connectivity index (χ0n) is 8.50. The van der Waals surface area contributed by atoms with Gasteiger partial charge in [-0.1, -0.05) is 0 Å². The van der Waals surface area contributed by atoms with E-state index in [1.54, 1.807) is 6.20 Å². The van der Waals surface area contributed by atoms with E-state index in [0.29, 0.717) is 0 Å². The first-order valence-corrected chi connectivity index (χ1v) is 6.85. The molecule has 1 atom stereocenters. The molecule has 1 aliphatic rings. The number of carboxylic acid groups (broad SMARTS) is 1. The standard InChI is InChI=1S/C8H14IN4O3/c10-2-1-7(14)12-6(8(15)16)3-5-4-11-9-13-5/h4,6,11,13H,1-3,10H2,(H,12,14)(H,15,16)/q-1. The van der Waals surface area contributed by atoms with Crippen molar-refractivity contribution in [2.75, 3.05) is 6.54 Å². The minimum atomic E-state index is -1.04. The zero-order valence-corrected chi connectivity index (χ0v) is 10.7. The minimum absolute atomic E-state index is 0.140. The second-order valence-electron chi connectivity index (χ2n) is 3.17. The van der Waals surface area contributed by atoms with Crippen LogP contribution in [-0.4, -0.2) is 29.6 Å². The van der Waals surface area contributed by atoms with Gasteiger partial charge in [0.1, 0.15) is 0 Å². The van der Waals surface area contributed by atoms with Gasteiger partial charge in [0.05, 0.1) is 0 Å². The van der Waals surface area contributed by atoms with Crippen LogP contribution in [0.2, 0.25) is 0 Å². The molecule has 7 nitrogen and oxygen atoms in total. The van der Waals surface area contributed by atoms with Crippen molar-refractivity contribution in [1.29, 1.82) is 0 Å². The summed E-state index contributed by atoms with van der Waals surface area (Å²) >= 11 is -0.296. The molecule has 0 aromatic carbocycles. The first kappa shape index (κ1) is 13.0. The number of halogens is 1. The molecule has 0 radical (unpaired) electrons. The van der Waals surface area contributed by atoms with Crippen molar-refractivity contribution in [3.63, 3.8) is 0 Å². The van der Waals surface area contributed by atoms with Crippen LogP contribution in [-0.2, 0) is 9.59 Å². The van der Waals surface area contributed by atoms with E-state index in [9.17, 15) is 9.59 Å². The number of carbonyl (C=O) groups is 2. The Kier molecular flexibility index (Phi) is 5.32. The fourth-order valence-corrected chi connectivity index (χ4v) is 2.53. The molecule has 92 valence electrons. The third kappa shape index (κ3) is 4.23. The van der Waals surface area contributed by atoms with E-state index in [-0.39, 0.29) is 47.0 Å². The summed E-state index contributed by atoms with van der Waals surface area (Å²) in [5.74, 6) is -1.38. The number of hydrogen-bond acceptors (Lipinski definition) is 5. The van der Waals surface area contributed by atoms with Crippen molar-refractivity contribution in [3.05, 3.63) is 11.9 Å². The van der Waals surface area contributed by atoms with Crippen LogP contribution in [0.15, 0.2) is 11.9 Å². The van der Waals surface area contributed by atoms with Gasteiger partial charge in [0.2, 0.25) is 0 Å². The van der Waals surface area contributed by atoms with Gasteiger partial charge >= 0.3 is 104 Å². The normalized spacial score (nSPS) is 16.2. The van der Waals surface area contributed by atoms with Crippen LogP contribution in [0.25, 0.3) is 0 Å². The van der Waals surface area contributed by atoms with Crippen LogP contribution < -0.4 is 39.9 Å². The van der Waals surface area contributed by atoms with Gasteiger partial charge in [0.25, 0.3) is 0 Å². The number of carbonyl (C=O) groups excluding carboxylic acids is 1. The summed E-state index contributed by atoms with van der Waals surface area (Å²) in [7, 11) is 0. The number of nitrogens with one attached hydrogen (secondary N) is 3. The number of aliphatic carboxylic acids is 1. The van der Waals surface area contributed by atoms with E-state index in [4.69, 9.17) is 10.8 Å². The maximum absolute atomic E-state index is 11.2. The summed E-state index contributed by atoms with van der Waals surface area (Å²) in [5.41, 5.74) is 6.02. The Balaban J connectivity index is 2.47. The summed E-state index contributed by atoms with van der Waals surface area (Å²) < 4.78 is 6.07. The Morgan fingerprint density at radius 2 is 2.38 bits per heavy atom. The second-order valence-corrected chi connectivity index (χ2v) is 4.87. The molecule has 0 bridgehead atoms. The summed E-state index contributed by atoms with van der Waals surface area (Å²) in [5, 5.41) is 11.4. The molecule has 0 saturated carbocycles. The van der Waals surface area contributed by atoms with Gasteiger partial charge in [-0.05, 0) is 0 Å². The molecule has 0 saturated heterocycles. The zero-order chi connectivity index (χ0) is 12.0. The average molecular weight is 341 g/mol. The Morgan fingerprint density at radius 1 is 1.62 bits per heavy atom. The van der Waals surface area contributed by atoms with Crippen molar-refractivity contribution in [2.24, 2.45) is 5.73 Å². The van der Waals surface area contributed by atoms with Gasteiger partial charge in [-0.15, -0.1) is 0 Å². The molecule has 8 heteroatoms. The van der Waals surface area contributed by atoms with Gasteiger partial charge in [0, 0.05) is 0 Å². The van der Waals surface area contributed by atoms with E-state index < -0.39 is 12.0 Å². The molecule has 0 aromatic heterocycles. The molecule has 1 heterocycles. The molecule has 0 aromatic rings. The van der Waals surface area contributed by atoms with Crippen LogP contribution >= 0.6 is 0 Å². The van der Waals surface area contributed by atoms with Gasteiger partial charge < -0.3 is 0 Å². The maximum atomic E-state index is 11.2. The SMILES string of the molecule is NCCC(=O)NC(CC1=CN[I-]N1)C(=O)O. The third-order valence-electron chi connectivity index (χ3n) is 1.88. The molecule has 1 rings (SSSR count). The molecule has 1 amide bonds. The van der Waals surface area contributed by atoms with Crippen LogP contribution in [0.4, 0.5) is 0 Å². The van der Waals surface area contributed by atoms with Gasteiger partial charge in [-0.3, -0.25) is 0 Å². The van der Waals surface area contributed by atoms with Crippen LogP contribution in [0.5, 0.6) is 0 Å². The van der Waals surface area contributed by atoms with Gasteiger partial charge in [-0.25, -0.2) is 0 Å². The molecule has 0 spiro atoms. The molecule has 1 aliphatic heterocycles. The summed E-state index contributed by atoms with van der Waals surface area (Å²) in [6.07, 6.45) is 2.15. The fraction of sp³-hybridized carbons (Fsp3) is 0.500. The quantitative estimate of drug-likeness (QED) is 0.245. The van der Waals surface area contributed by atoms with Crippen molar-refractivity contribution in [2.45, 2.75) is 18.9 Å². The Hall–Kier alpha value is -1.03. The molecule has 6 N–H and O–H groups in total. The molecule has 0 fully saturated rings. The number of hydrogen-bond donors (Lipinski definition) is 5. The summed E-state index contributed by atoms with van der Waals surface area (Å²) in [4.78, 5) is 22.1. The second kappa shape index (κ2) is 6.53.